The number of hydrogen-bond acceptors (Lipinski definition) is 3. The smallest absolute Gasteiger partial charge is 0.213 e. The van der Waals surface area contributed by atoms with Gasteiger partial charge < -0.3 is 4.74 Å². The largest absolute Gasteiger partial charge is 0.476 e. The van der Waals surface area contributed by atoms with Gasteiger partial charge in [-0.05, 0) is 47.9 Å². The molecule has 2 rings (SSSR count). The first-order valence-electron chi connectivity index (χ1n) is 6.31. The van der Waals surface area contributed by atoms with Crippen LogP contribution in [-0.4, -0.2) is 36.1 Å². The van der Waals surface area contributed by atoms with Crippen molar-refractivity contribution < 1.29 is 4.74 Å². The van der Waals surface area contributed by atoms with Crippen molar-refractivity contribution in [3.05, 3.63) is 22.8 Å². The third-order valence-electron chi connectivity index (χ3n) is 3.06. The van der Waals surface area contributed by atoms with E-state index in [1.165, 1.54) is 38.8 Å². The lowest BCUT2D eigenvalue weighted by atomic mass is 10.2. The molecule has 0 spiro atoms. The van der Waals surface area contributed by atoms with Crippen LogP contribution in [0.2, 0.25) is 0 Å². The van der Waals surface area contributed by atoms with Gasteiger partial charge in [0.05, 0.1) is 0 Å². The van der Waals surface area contributed by atoms with Crippen molar-refractivity contribution in [3.8, 4) is 5.88 Å². The summed E-state index contributed by atoms with van der Waals surface area (Å²) in [5, 5.41) is 0. The molecule has 94 valence electrons. The molecule has 4 heteroatoms. The van der Waals surface area contributed by atoms with Gasteiger partial charge in [0, 0.05) is 23.3 Å². The molecule has 1 fully saturated rings. The maximum absolute atomic E-state index is 5.63. The summed E-state index contributed by atoms with van der Waals surface area (Å²) in [4.78, 5) is 6.68. The summed E-state index contributed by atoms with van der Waals surface area (Å²) in [5.74, 6) is 0.711. The Morgan fingerprint density at radius 3 is 2.59 bits per heavy atom. The van der Waals surface area contributed by atoms with Gasteiger partial charge in [-0.15, -0.1) is 0 Å². The second kappa shape index (κ2) is 6.97. The van der Waals surface area contributed by atoms with Crippen LogP contribution in [0.25, 0.3) is 0 Å². The fourth-order valence-electron chi connectivity index (χ4n) is 2.09. The van der Waals surface area contributed by atoms with Crippen LogP contribution in [0.1, 0.15) is 25.7 Å². The second-order valence-corrected chi connectivity index (χ2v) is 5.33. The lowest BCUT2D eigenvalue weighted by molar-refractivity contribution is 0.209. The van der Waals surface area contributed by atoms with E-state index in [2.05, 4.69) is 25.8 Å². The average molecular weight is 299 g/mol. The number of nitrogens with zero attached hydrogens (tertiary/aromatic N) is 2. The Kier molecular flexibility index (Phi) is 5.26. The van der Waals surface area contributed by atoms with Gasteiger partial charge in [0.1, 0.15) is 6.61 Å². The zero-order valence-electron chi connectivity index (χ0n) is 10.1. The molecular formula is C13H19BrN2O. The van der Waals surface area contributed by atoms with Crippen LogP contribution in [0.4, 0.5) is 0 Å². The summed E-state index contributed by atoms with van der Waals surface area (Å²) in [7, 11) is 0. The molecule has 1 aliphatic rings. The Labute approximate surface area is 111 Å². The van der Waals surface area contributed by atoms with E-state index in [1.807, 2.05) is 12.1 Å². The van der Waals surface area contributed by atoms with Crippen LogP contribution in [0.3, 0.4) is 0 Å². The van der Waals surface area contributed by atoms with E-state index in [4.69, 9.17) is 4.74 Å². The molecule has 2 heterocycles. The molecule has 0 radical (unpaired) electrons. The third kappa shape index (κ3) is 4.64. The van der Waals surface area contributed by atoms with Crippen molar-refractivity contribution in [2.75, 3.05) is 26.2 Å². The highest BCUT2D eigenvalue weighted by Crippen LogP contribution is 2.13. The van der Waals surface area contributed by atoms with E-state index in [1.54, 1.807) is 6.20 Å². The van der Waals surface area contributed by atoms with Crippen molar-refractivity contribution in [2.24, 2.45) is 0 Å². The molecule has 3 nitrogen and oxygen atoms in total. The number of halogens is 1. The van der Waals surface area contributed by atoms with Crippen LogP contribution in [0.5, 0.6) is 5.88 Å². The summed E-state index contributed by atoms with van der Waals surface area (Å²) >= 11 is 3.36. The molecule has 1 aliphatic heterocycles. The van der Waals surface area contributed by atoms with E-state index in [9.17, 15) is 0 Å². The molecule has 0 bridgehead atoms. The first kappa shape index (κ1) is 12.8. The molecule has 0 saturated carbocycles. The minimum absolute atomic E-state index is 0.711. The first-order valence-corrected chi connectivity index (χ1v) is 7.10. The van der Waals surface area contributed by atoms with Crippen molar-refractivity contribution in [3.63, 3.8) is 0 Å². The third-order valence-corrected chi connectivity index (χ3v) is 3.53. The van der Waals surface area contributed by atoms with Crippen LogP contribution in [-0.2, 0) is 0 Å². The fourth-order valence-corrected chi connectivity index (χ4v) is 2.32. The fraction of sp³-hybridized carbons (Fsp3) is 0.615. The summed E-state index contributed by atoms with van der Waals surface area (Å²) in [6, 6.07) is 3.85. The summed E-state index contributed by atoms with van der Waals surface area (Å²) in [6.07, 6.45) is 7.19. The van der Waals surface area contributed by atoms with Crippen LogP contribution >= 0.6 is 15.9 Å². The topological polar surface area (TPSA) is 25.4 Å². The Hall–Kier alpha value is -0.610. The highest BCUT2D eigenvalue weighted by molar-refractivity contribution is 9.10. The predicted octanol–water partition coefficient (Wildman–Crippen LogP) is 3.10. The zero-order chi connectivity index (χ0) is 11.9. The van der Waals surface area contributed by atoms with Gasteiger partial charge in [0.15, 0.2) is 0 Å². The van der Waals surface area contributed by atoms with Gasteiger partial charge in [0.25, 0.3) is 0 Å². The molecule has 0 aliphatic carbocycles. The highest BCUT2D eigenvalue weighted by Gasteiger charge is 2.08. The monoisotopic (exact) mass is 298 g/mol. The maximum Gasteiger partial charge on any atom is 0.213 e. The van der Waals surface area contributed by atoms with Crippen molar-refractivity contribution in [2.45, 2.75) is 25.7 Å². The van der Waals surface area contributed by atoms with E-state index < -0.39 is 0 Å². The van der Waals surface area contributed by atoms with Gasteiger partial charge in [0.2, 0.25) is 5.88 Å². The van der Waals surface area contributed by atoms with Gasteiger partial charge in [-0.1, -0.05) is 12.8 Å². The van der Waals surface area contributed by atoms with Gasteiger partial charge >= 0.3 is 0 Å². The van der Waals surface area contributed by atoms with Crippen molar-refractivity contribution >= 4 is 15.9 Å². The average Bonchev–Trinajstić information content (AvgIpc) is 2.60. The SMILES string of the molecule is Brc1ccc(OCCN2CCCCCC2)nc1. The molecule has 17 heavy (non-hydrogen) atoms. The number of hydrogen-bond donors (Lipinski definition) is 0. The van der Waals surface area contributed by atoms with Gasteiger partial charge in [-0.2, -0.15) is 0 Å². The lowest BCUT2D eigenvalue weighted by Crippen LogP contribution is -2.29. The van der Waals surface area contributed by atoms with Gasteiger partial charge in [-0.25, -0.2) is 4.98 Å². The summed E-state index contributed by atoms with van der Waals surface area (Å²) < 4.78 is 6.61. The molecule has 0 aromatic carbocycles. The van der Waals surface area contributed by atoms with E-state index in [0.29, 0.717) is 5.88 Å². The number of ether oxygens (including phenoxy) is 1. The van der Waals surface area contributed by atoms with Crippen molar-refractivity contribution in [1.82, 2.24) is 9.88 Å². The van der Waals surface area contributed by atoms with Crippen LogP contribution in [0, 0.1) is 0 Å². The number of aromatic nitrogens is 1. The molecule has 1 saturated heterocycles. The Morgan fingerprint density at radius 1 is 1.18 bits per heavy atom. The first-order chi connectivity index (χ1) is 8.34. The van der Waals surface area contributed by atoms with Gasteiger partial charge in [-0.3, -0.25) is 4.90 Å². The Morgan fingerprint density at radius 2 is 1.94 bits per heavy atom. The summed E-state index contributed by atoms with van der Waals surface area (Å²) in [6.45, 7) is 4.18. The minimum atomic E-state index is 0.711. The Bertz CT molecular complexity index is 321. The zero-order valence-corrected chi connectivity index (χ0v) is 11.7. The van der Waals surface area contributed by atoms with Crippen molar-refractivity contribution in [1.29, 1.82) is 0 Å². The molecule has 0 amide bonds. The number of likely N-dealkylation sites (tertiary alicyclic amines) is 1. The maximum atomic E-state index is 5.63. The minimum Gasteiger partial charge on any atom is -0.476 e. The van der Waals surface area contributed by atoms with E-state index in [0.717, 1.165) is 17.6 Å². The lowest BCUT2D eigenvalue weighted by Gasteiger charge is -2.19. The number of rotatable bonds is 4. The second-order valence-electron chi connectivity index (χ2n) is 4.42. The molecular weight excluding hydrogens is 280 g/mol. The molecule has 1 aromatic rings. The van der Waals surface area contributed by atoms with E-state index >= 15 is 0 Å². The normalized spacial score (nSPS) is 17.7. The predicted molar refractivity (Wildman–Crippen MR) is 72.3 cm³/mol. The van der Waals surface area contributed by atoms with Crippen LogP contribution in [0.15, 0.2) is 22.8 Å². The molecule has 0 atom stereocenters. The highest BCUT2D eigenvalue weighted by atomic mass is 79.9. The van der Waals surface area contributed by atoms with E-state index in [-0.39, 0.29) is 0 Å². The van der Waals surface area contributed by atoms with Crippen LogP contribution < -0.4 is 4.74 Å². The standard InChI is InChI=1S/C13H19BrN2O/c14-12-5-6-13(15-11-12)17-10-9-16-7-3-1-2-4-8-16/h5-6,11H,1-4,7-10H2. The number of pyridine rings is 1. The molecule has 0 unspecified atom stereocenters. The quantitative estimate of drug-likeness (QED) is 0.854. The Balaban J connectivity index is 1.69. The molecule has 0 N–H and O–H groups in total. The summed E-state index contributed by atoms with van der Waals surface area (Å²) in [5.41, 5.74) is 0. The molecule has 1 aromatic heterocycles.